The van der Waals surface area contributed by atoms with E-state index < -0.39 is 0 Å². The zero-order valence-corrected chi connectivity index (χ0v) is 13.9. The number of anilines is 2. The second-order valence-corrected chi connectivity index (χ2v) is 4.96. The third-order valence-electron chi connectivity index (χ3n) is 3.52. The minimum Gasteiger partial charge on any atom is -0.494 e. The van der Waals surface area contributed by atoms with E-state index in [1.165, 1.54) is 0 Å². The van der Waals surface area contributed by atoms with Gasteiger partial charge >= 0.3 is 0 Å². The van der Waals surface area contributed by atoms with Gasteiger partial charge in [0.2, 0.25) is 0 Å². The van der Waals surface area contributed by atoms with Crippen molar-refractivity contribution in [1.82, 2.24) is 9.88 Å². The molecule has 0 saturated heterocycles. The van der Waals surface area contributed by atoms with Crippen molar-refractivity contribution in [1.29, 1.82) is 0 Å². The Balaban J connectivity index is 2.21. The van der Waals surface area contributed by atoms with Crippen molar-refractivity contribution >= 4 is 17.4 Å². The van der Waals surface area contributed by atoms with Gasteiger partial charge in [0, 0.05) is 25.0 Å². The number of nitrogens with zero attached hydrogens (tertiary/aromatic N) is 2. The molecule has 1 aromatic heterocycles. The summed E-state index contributed by atoms with van der Waals surface area (Å²) in [6, 6.07) is 11.2. The average molecular weight is 313 g/mol. The molecule has 0 aliphatic rings. The standard InChI is InChI=1S/C18H23N3O2/c1-4-21(5-2)18(22)16-8-7-13-19-17(16)20-14-9-11-15(12-10-14)23-6-3/h7-13H,4-6H2,1-3H3,(H,19,20). The number of hydrogen-bond donors (Lipinski definition) is 1. The van der Waals surface area contributed by atoms with Gasteiger partial charge in [-0.25, -0.2) is 4.98 Å². The number of nitrogens with one attached hydrogen (secondary N) is 1. The lowest BCUT2D eigenvalue weighted by Gasteiger charge is -2.20. The van der Waals surface area contributed by atoms with Gasteiger partial charge in [0.15, 0.2) is 0 Å². The molecule has 0 unspecified atom stereocenters. The predicted octanol–water partition coefficient (Wildman–Crippen LogP) is 3.71. The summed E-state index contributed by atoms with van der Waals surface area (Å²) >= 11 is 0. The van der Waals surface area contributed by atoms with Crippen molar-refractivity contribution in [3.05, 3.63) is 48.2 Å². The number of carbonyl (C=O) groups excluding carboxylic acids is 1. The van der Waals surface area contributed by atoms with Crippen LogP contribution < -0.4 is 10.1 Å². The Labute approximate surface area is 137 Å². The van der Waals surface area contributed by atoms with E-state index in [1.54, 1.807) is 23.2 Å². The number of rotatable bonds is 7. The highest BCUT2D eigenvalue weighted by Gasteiger charge is 2.17. The molecule has 2 rings (SSSR count). The van der Waals surface area contributed by atoms with E-state index in [9.17, 15) is 4.79 Å². The molecular weight excluding hydrogens is 290 g/mol. The van der Waals surface area contributed by atoms with Crippen molar-refractivity contribution < 1.29 is 9.53 Å². The Morgan fingerprint density at radius 2 is 1.83 bits per heavy atom. The minimum atomic E-state index is -0.0171. The lowest BCUT2D eigenvalue weighted by molar-refractivity contribution is 0.0773. The van der Waals surface area contributed by atoms with E-state index in [0.29, 0.717) is 31.1 Å². The number of carbonyl (C=O) groups is 1. The maximum atomic E-state index is 12.6. The van der Waals surface area contributed by atoms with Crippen LogP contribution in [0.2, 0.25) is 0 Å². The maximum Gasteiger partial charge on any atom is 0.257 e. The number of amides is 1. The summed E-state index contributed by atoms with van der Waals surface area (Å²) < 4.78 is 5.43. The fourth-order valence-electron chi connectivity index (χ4n) is 2.30. The summed E-state index contributed by atoms with van der Waals surface area (Å²) in [5.41, 5.74) is 1.44. The van der Waals surface area contributed by atoms with E-state index >= 15 is 0 Å². The highest BCUT2D eigenvalue weighted by atomic mass is 16.5. The fraction of sp³-hybridized carbons (Fsp3) is 0.333. The molecule has 0 radical (unpaired) electrons. The molecule has 0 aliphatic carbocycles. The third kappa shape index (κ3) is 4.22. The van der Waals surface area contributed by atoms with Crippen molar-refractivity contribution in [2.75, 3.05) is 25.0 Å². The second kappa shape index (κ2) is 8.17. The molecule has 1 amide bonds. The van der Waals surface area contributed by atoms with Crippen LogP contribution in [0.25, 0.3) is 0 Å². The Bertz CT molecular complexity index is 637. The van der Waals surface area contributed by atoms with Gasteiger partial charge in [0.05, 0.1) is 12.2 Å². The van der Waals surface area contributed by atoms with E-state index in [-0.39, 0.29) is 5.91 Å². The molecule has 2 aromatic rings. The molecule has 1 N–H and O–H groups in total. The summed E-state index contributed by atoms with van der Waals surface area (Å²) in [5.74, 6) is 1.36. The van der Waals surface area contributed by atoms with Crippen molar-refractivity contribution in [2.24, 2.45) is 0 Å². The number of hydrogen-bond acceptors (Lipinski definition) is 4. The number of aromatic nitrogens is 1. The lowest BCUT2D eigenvalue weighted by Crippen LogP contribution is -2.31. The first-order valence-corrected chi connectivity index (χ1v) is 7.93. The molecule has 23 heavy (non-hydrogen) atoms. The number of benzene rings is 1. The zero-order chi connectivity index (χ0) is 16.7. The van der Waals surface area contributed by atoms with E-state index in [2.05, 4.69) is 10.3 Å². The van der Waals surface area contributed by atoms with Gasteiger partial charge in [-0.05, 0) is 57.2 Å². The molecule has 0 saturated carbocycles. The van der Waals surface area contributed by atoms with E-state index in [0.717, 1.165) is 11.4 Å². The zero-order valence-electron chi connectivity index (χ0n) is 13.9. The van der Waals surface area contributed by atoms with Crippen molar-refractivity contribution in [3.63, 3.8) is 0 Å². The molecule has 5 heteroatoms. The SMILES string of the molecule is CCOc1ccc(Nc2ncccc2C(=O)N(CC)CC)cc1. The van der Waals surface area contributed by atoms with Crippen LogP contribution in [0.5, 0.6) is 5.75 Å². The Morgan fingerprint density at radius 3 is 2.43 bits per heavy atom. The monoisotopic (exact) mass is 313 g/mol. The van der Waals surface area contributed by atoms with E-state index in [1.807, 2.05) is 45.0 Å². The third-order valence-corrected chi connectivity index (χ3v) is 3.52. The topological polar surface area (TPSA) is 54.5 Å². The van der Waals surface area contributed by atoms with Gasteiger partial charge in [0.25, 0.3) is 5.91 Å². The summed E-state index contributed by atoms with van der Waals surface area (Å²) in [6.45, 7) is 7.87. The van der Waals surface area contributed by atoms with Crippen LogP contribution >= 0.6 is 0 Å². The van der Waals surface area contributed by atoms with Gasteiger partial charge < -0.3 is 15.0 Å². The molecule has 0 spiro atoms. The Morgan fingerprint density at radius 1 is 1.13 bits per heavy atom. The van der Waals surface area contributed by atoms with Crippen LogP contribution in [0, 0.1) is 0 Å². The van der Waals surface area contributed by atoms with Gasteiger partial charge in [0.1, 0.15) is 11.6 Å². The molecule has 0 atom stereocenters. The maximum absolute atomic E-state index is 12.6. The quantitative estimate of drug-likeness (QED) is 0.846. The average Bonchev–Trinajstić information content (AvgIpc) is 2.58. The van der Waals surface area contributed by atoms with Crippen LogP contribution in [0.1, 0.15) is 31.1 Å². The van der Waals surface area contributed by atoms with Crippen LogP contribution in [-0.4, -0.2) is 35.5 Å². The summed E-state index contributed by atoms with van der Waals surface area (Å²) in [6.07, 6.45) is 1.68. The highest BCUT2D eigenvalue weighted by molar-refractivity contribution is 5.99. The first-order chi connectivity index (χ1) is 11.2. The Kier molecular flexibility index (Phi) is 5.97. The summed E-state index contributed by atoms with van der Waals surface area (Å²) in [5, 5.41) is 3.21. The molecular formula is C18H23N3O2. The van der Waals surface area contributed by atoms with Crippen LogP contribution in [0.15, 0.2) is 42.6 Å². The summed E-state index contributed by atoms with van der Waals surface area (Å²) in [7, 11) is 0. The first-order valence-electron chi connectivity index (χ1n) is 7.93. The van der Waals surface area contributed by atoms with Crippen molar-refractivity contribution in [2.45, 2.75) is 20.8 Å². The van der Waals surface area contributed by atoms with E-state index in [4.69, 9.17) is 4.74 Å². The smallest absolute Gasteiger partial charge is 0.257 e. The summed E-state index contributed by atoms with van der Waals surface area (Å²) in [4.78, 5) is 18.7. The highest BCUT2D eigenvalue weighted by Crippen LogP contribution is 2.22. The molecule has 5 nitrogen and oxygen atoms in total. The van der Waals surface area contributed by atoms with Crippen LogP contribution in [0.4, 0.5) is 11.5 Å². The predicted molar refractivity (Wildman–Crippen MR) is 92.4 cm³/mol. The molecule has 122 valence electrons. The minimum absolute atomic E-state index is 0.0171. The molecule has 1 aromatic carbocycles. The first kappa shape index (κ1) is 16.8. The van der Waals surface area contributed by atoms with Crippen LogP contribution in [0.3, 0.4) is 0 Å². The number of pyridine rings is 1. The lowest BCUT2D eigenvalue weighted by atomic mass is 10.2. The normalized spacial score (nSPS) is 10.2. The second-order valence-electron chi connectivity index (χ2n) is 4.96. The van der Waals surface area contributed by atoms with Crippen LogP contribution in [-0.2, 0) is 0 Å². The van der Waals surface area contributed by atoms with Gasteiger partial charge in [-0.2, -0.15) is 0 Å². The molecule has 0 aliphatic heterocycles. The van der Waals surface area contributed by atoms with Gasteiger partial charge in [-0.3, -0.25) is 4.79 Å². The molecule has 0 bridgehead atoms. The van der Waals surface area contributed by atoms with Gasteiger partial charge in [-0.1, -0.05) is 0 Å². The van der Waals surface area contributed by atoms with Gasteiger partial charge in [-0.15, -0.1) is 0 Å². The number of ether oxygens (including phenoxy) is 1. The molecule has 0 fully saturated rings. The fourth-order valence-corrected chi connectivity index (χ4v) is 2.30. The molecule has 1 heterocycles. The largest absolute Gasteiger partial charge is 0.494 e. The Hall–Kier alpha value is -2.56. The van der Waals surface area contributed by atoms with Crippen molar-refractivity contribution in [3.8, 4) is 5.75 Å².